The van der Waals surface area contributed by atoms with E-state index in [0.29, 0.717) is 12.3 Å². The Kier molecular flexibility index (Phi) is 4.30. The number of fused-ring (bicyclic) bond motifs is 1. The Hall–Kier alpha value is -2.21. The lowest BCUT2D eigenvalue weighted by molar-refractivity contribution is -0.132. The Morgan fingerprint density at radius 3 is 3.21 bits per heavy atom. The average Bonchev–Trinajstić information content (AvgIpc) is 3.30. The molecule has 0 radical (unpaired) electrons. The second kappa shape index (κ2) is 6.73. The molecule has 0 aliphatic carbocycles. The van der Waals surface area contributed by atoms with E-state index in [1.54, 1.807) is 17.5 Å². The lowest BCUT2D eigenvalue weighted by Gasteiger charge is -2.32. The Balaban J connectivity index is 1.41. The second-order valence-electron chi connectivity index (χ2n) is 6.30. The molecule has 1 aliphatic rings. The maximum Gasteiger partial charge on any atom is 0.222 e. The number of rotatable bonds is 4. The van der Waals surface area contributed by atoms with Crippen molar-refractivity contribution < 1.29 is 4.79 Å². The van der Waals surface area contributed by atoms with Crippen LogP contribution in [0, 0.1) is 0 Å². The molecule has 0 spiro atoms. The molecule has 0 unspecified atom stereocenters. The molecule has 1 fully saturated rings. The monoisotopic (exact) mass is 340 g/mol. The summed E-state index contributed by atoms with van der Waals surface area (Å²) in [5, 5.41) is 10.0. The van der Waals surface area contributed by atoms with Gasteiger partial charge < -0.3 is 4.90 Å². The summed E-state index contributed by atoms with van der Waals surface area (Å²) in [6, 6.07) is 8.26. The van der Waals surface area contributed by atoms with Gasteiger partial charge in [0.2, 0.25) is 5.91 Å². The highest BCUT2D eigenvalue weighted by Crippen LogP contribution is 2.27. The van der Waals surface area contributed by atoms with E-state index in [4.69, 9.17) is 0 Å². The molecule has 4 heterocycles. The Labute approximate surface area is 144 Å². The number of carbonyl (C=O) groups excluding carboxylic acids is 1. The van der Waals surface area contributed by atoms with Crippen LogP contribution in [-0.4, -0.2) is 39.1 Å². The van der Waals surface area contributed by atoms with Gasteiger partial charge in [0, 0.05) is 41.4 Å². The van der Waals surface area contributed by atoms with Crippen molar-refractivity contribution in [3.63, 3.8) is 0 Å². The average molecular weight is 340 g/mol. The Morgan fingerprint density at radius 2 is 2.33 bits per heavy atom. The fraction of sp³-hybridized carbons (Fsp3) is 0.389. The quantitative estimate of drug-likeness (QED) is 0.792. The summed E-state index contributed by atoms with van der Waals surface area (Å²) in [6.07, 6.45) is 5.35. The number of piperidine rings is 1. The van der Waals surface area contributed by atoms with Crippen LogP contribution >= 0.6 is 11.3 Å². The number of aryl methyl sites for hydroxylation is 1. The van der Waals surface area contributed by atoms with E-state index < -0.39 is 0 Å². The maximum atomic E-state index is 12.5. The molecule has 6 heteroatoms. The minimum Gasteiger partial charge on any atom is -0.342 e. The van der Waals surface area contributed by atoms with Crippen molar-refractivity contribution in [2.24, 2.45) is 0 Å². The van der Waals surface area contributed by atoms with Gasteiger partial charge in [-0.3, -0.25) is 9.89 Å². The maximum absolute atomic E-state index is 12.5. The number of amides is 1. The summed E-state index contributed by atoms with van der Waals surface area (Å²) < 4.78 is 0. The van der Waals surface area contributed by atoms with Crippen molar-refractivity contribution in [2.45, 2.75) is 31.6 Å². The Bertz CT molecular complexity index is 827. The first-order valence-corrected chi connectivity index (χ1v) is 9.28. The molecule has 124 valence electrons. The summed E-state index contributed by atoms with van der Waals surface area (Å²) in [4.78, 5) is 20.5. The molecule has 5 nitrogen and oxygen atoms in total. The number of hydrogen-bond donors (Lipinski definition) is 1. The molecule has 4 rings (SSSR count). The second-order valence-corrected chi connectivity index (χ2v) is 7.33. The number of aromatic nitrogens is 3. The fourth-order valence-electron chi connectivity index (χ4n) is 3.36. The number of likely N-dealkylation sites (tertiary alicyclic amines) is 1. The lowest BCUT2D eigenvalue weighted by Crippen LogP contribution is -2.39. The van der Waals surface area contributed by atoms with Gasteiger partial charge >= 0.3 is 0 Å². The summed E-state index contributed by atoms with van der Waals surface area (Å²) in [5.74, 6) is 0.577. The van der Waals surface area contributed by atoms with Crippen LogP contribution in [0.5, 0.6) is 0 Å². The SMILES string of the molecule is O=C(CCc1cccs1)N1CCC[C@H](c2ccc3cn[nH]c3n2)C1. The van der Waals surface area contributed by atoms with Crippen LogP contribution in [0.4, 0.5) is 0 Å². The highest BCUT2D eigenvalue weighted by Gasteiger charge is 2.25. The van der Waals surface area contributed by atoms with Gasteiger partial charge in [-0.05, 0) is 42.8 Å². The first-order valence-electron chi connectivity index (χ1n) is 8.40. The Morgan fingerprint density at radius 1 is 1.38 bits per heavy atom. The van der Waals surface area contributed by atoms with E-state index in [9.17, 15) is 4.79 Å². The first kappa shape index (κ1) is 15.3. The van der Waals surface area contributed by atoms with Crippen molar-refractivity contribution in [3.05, 3.63) is 46.4 Å². The third-order valence-electron chi connectivity index (χ3n) is 4.68. The van der Waals surface area contributed by atoms with Crippen molar-refractivity contribution in [2.75, 3.05) is 13.1 Å². The van der Waals surface area contributed by atoms with Gasteiger partial charge in [-0.25, -0.2) is 4.98 Å². The van der Waals surface area contributed by atoms with Crippen LogP contribution in [-0.2, 0) is 11.2 Å². The van der Waals surface area contributed by atoms with Gasteiger partial charge in [-0.15, -0.1) is 11.3 Å². The normalized spacial score (nSPS) is 18.2. The summed E-state index contributed by atoms with van der Waals surface area (Å²) in [6.45, 7) is 1.64. The molecular formula is C18H20N4OS. The van der Waals surface area contributed by atoms with Crippen molar-refractivity contribution in [3.8, 4) is 0 Å². The summed E-state index contributed by atoms with van der Waals surface area (Å²) in [5.41, 5.74) is 1.89. The van der Waals surface area contributed by atoms with Crippen LogP contribution in [0.25, 0.3) is 11.0 Å². The van der Waals surface area contributed by atoms with Gasteiger partial charge in [0.25, 0.3) is 0 Å². The van der Waals surface area contributed by atoms with Gasteiger partial charge in [-0.2, -0.15) is 5.10 Å². The summed E-state index contributed by atoms with van der Waals surface area (Å²) >= 11 is 1.72. The predicted molar refractivity (Wildman–Crippen MR) is 95.1 cm³/mol. The van der Waals surface area contributed by atoms with Gasteiger partial charge in [0.05, 0.1) is 6.20 Å². The number of carbonyl (C=O) groups is 1. The molecule has 24 heavy (non-hydrogen) atoms. The number of hydrogen-bond acceptors (Lipinski definition) is 4. The van der Waals surface area contributed by atoms with Gasteiger partial charge in [0.15, 0.2) is 5.65 Å². The van der Waals surface area contributed by atoms with E-state index in [1.165, 1.54) is 4.88 Å². The molecule has 1 aliphatic heterocycles. The summed E-state index contributed by atoms with van der Waals surface area (Å²) in [7, 11) is 0. The number of nitrogens with one attached hydrogen (secondary N) is 1. The van der Waals surface area contributed by atoms with Gasteiger partial charge in [-0.1, -0.05) is 6.07 Å². The predicted octanol–water partition coefficient (Wildman–Crippen LogP) is 3.36. The van der Waals surface area contributed by atoms with Crippen LogP contribution in [0.1, 0.15) is 35.8 Å². The molecule has 1 atom stereocenters. The molecule has 0 saturated carbocycles. The molecular weight excluding hydrogens is 320 g/mol. The molecule has 0 bridgehead atoms. The highest BCUT2D eigenvalue weighted by atomic mass is 32.1. The zero-order chi connectivity index (χ0) is 16.4. The molecule has 0 aromatic carbocycles. The molecule has 3 aromatic heterocycles. The number of pyridine rings is 1. The molecule has 3 aromatic rings. The lowest BCUT2D eigenvalue weighted by atomic mass is 9.94. The van der Waals surface area contributed by atoms with E-state index in [2.05, 4.69) is 38.8 Å². The van der Waals surface area contributed by atoms with Crippen LogP contribution in [0.15, 0.2) is 35.8 Å². The van der Waals surface area contributed by atoms with Crippen molar-refractivity contribution in [1.82, 2.24) is 20.1 Å². The van der Waals surface area contributed by atoms with E-state index >= 15 is 0 Å². The number of thiophene rings is 1. The third kappa shape index (κ3) is 3.19. The van der Waals surface area contributed by atoms with Gasteiger partial charge in [0.1, 0.15) is 0 Å². The molecule has 1 saturated heterocycles. The van der Waals surface area contributed by atoms with Crippen molar-refractivity contribution >= 4 is 28.3 Å². The molecule has 1 N–H and O–H groups in total. The third-order valence-corrected chi connectivity index (χ3v) is 5.62. The number of nitrogens with zero attached hydrogens (tertiary/aromatic N) is 3. The minimum atomic E-state index is 0.260. The smallest absolute Gasteiger partial charge is 0.222 e. The van der Waals surface area contributed by atoms with E-state index in [0.717, 1.165) is 49.1 Å². The van der Waals surface area contributed by atoms with Crippen LogP contribution in [0.3, 0.4) is 0 Å². The zero-order valence-corrected chi connectivity index (χ0v) is 14.3. The zero-order valence-electron chi connectivity index (χ0n) is 13.4. The van der Waals surface area contributed by atoms with E-state index in [-0.39, 0.29) is 5.91 Å². The molecule has 1 amide bonds. The highest BCUT2D eigenvalue weighted by molar-refractivity contribution is 7.09. The van der Waals surface area contributed by atoms with Crippen LogP contribution in [0.2, 0.25) is 0 Å². The topological polar surface area (TPSA) is 61.9 Å². The standard InChI is InChI=1S/C18H20N4OS/c23-17(8-6-15-4-2-10-24-15)22-9-1-3-14(12-22)16-7-5-13-11-19-21-18(13)20-16/h2,4-5,7,10-11,14H,1,3,6,8-9,12H2,(H,19,20,21)/t14-/m0/s1. The minimum absolute atomic E-state index is 0.260. The largest absolute Gasteiger partial charge is 0.342 e. The number of aromatic amines is 1. The van der Waals surface area contributed by atoms with E-state index in [1.807, 2.05) is 11.0 Å². The van der Waals surface area contributed by atoms with Crippen molar-refractivity contribution in [1.29, 1.82) is 0 Å². The first-order chi connectivity index (χ1) is 11.8. The number of H-pyrrole nitrogens is 1. The van der Waals surface area contributed by atoms with Crippen LogP contribution < -0.4 is 0 Å². The fourth-order valence-corrected chi connectivity index (χ4v) is 4.07.